The summed E-state index contributed by atoms with van der Waals surface area (Å²) in [5, 5.41) is 1.78. The number of hydrogen-bond donors (Lipinski definition) is 1. The Hall–Kier alpha value is -0.160. The van der Waals surface area contributed by atoms with E-state index in [1.165, 1.54) is 0 Å². The van der Waals surface area contributed by atoms with Gasteiger partial charge in [-0.15, -0.1) is 0 Å². The lowest BCUT2D eigenvalue weighted by molar-refractivity contribution is -0.195. The number of hydrogen-bond acceptors (Lipinski definition) is 4. The largest absolute Gasteiger partial charge is 0.378 e. The molecule has 1 aliphatic rings. The Labute approximate surface area is 92.7 Å². The molecule has 2 unspecified atom stereocenters. The zero-order valence-corrected chi connectivity index (χ0v) is 10.5. The first-order valence-corrected chi connectivity index (χ1v) is 5.53. The van der Waals surface area contributed by atoms with Crippen molar-refractivity contribution in [3.63, 3.8) is 0 Å². The minimum atomic E-state index is -0.211. The van der Waals surface area contributed by atoms with Crippen molar-refractivity contribution in [1.29, 1.82) is 0 Å². The molecule has 2 atom stereocenters. The third-order valence-corrected chi connectivity index (χ3v) is 3.82. The molecule has 1 fully saturated rings. The van der Waals surface area contributed by atoms with E-state index in [0.29, 0.717) is 0 Å². The monoisotopic (exact) mass is 216 g/mol. The van der Waals surface area contributed by atoms with Crippen molar-refractivity contribution < 1.29 is 9.57 Å². The van der Waals surface area contributed by atoms with Gasteiger partial charge in [0.2, 0.25) is 0 Å². The van der Waals surface area contributed by atoms with Crippen molar-refractivity contribution in [2.24, 2.45) is 11.1 Å². The lowest BCUT2D eigenvalue weighted by Crippen LogP contribution is -2.73. The average molecular weight is 216 g/mol. The van der Waals surface area contributed by atoms with Crippen molar-refractivity contribution in [2.75, 3.05) is 27.3 Å². The Kier molecular flexibility index (Phi) is 3.76. The van der Waals surface area contributed by atoms with Gasteiger partial charge >= 0.3 is 0 Å². The molecule has 0 saturated heterocycles. The molecule has 0 amide bonds. The van der Waals surface area contributed by atoms with Gasteiger partial charge in [0.05, 0.1) is 13.2 Å². The topological polar surface area (TPSA) is 47.7 Å². The molecule has 0 aromatic heterocycles. The average Bonchev–Trinajstić information content (AvgIpc) is 2.17. The second-order valence-corrected chi connectivity index (χ2v) is 4.99. The summed E-state index contributed by atoms with van der Waals surface area (Å²) >= 11 is 0. The van der Waals surface area contributed by atoms with Gasteiger partial charge < -0.3 is 15.3 Å². The third-order valence-electron chi connectivity index (χ3n) is 3.82. The van der Waals surface area contributed by atoms with Gasteiger partial charge in [0.25, 0.3) is 0 Å². The van der Waals surface area contributed by atoms with Crippen LogP contribution in [0.5, 0.6) is 0 Å². The van der Waals surface area contributed by atoms with Gasteiger partial charge in [-0.2, -0.15) is 5.06 Å². The van der Waals surface area contributed by atoms with Gasteiger partial charge in [0, 0.05) is 31.2 Å². The number of likely N-dealkylation sites (N-methyl/N-ethyl adjacent to an activating group) is 1. The molecule has 1 aliphatic carbocycles. The highest BCUT2D eigenvalue weighted by molar-refractivity contribution is 5.14. The summed E-state index contributed by atoms with van der Waals surface area (Å²) in [5.41, 5.74) is 6.18. The summed E-state index contributed by atoms with van der Waals surface area (Å²) < 4.78 is 5.66. The highest BCUT2D eigenvalue weighted by Crippen LogP contribution is 2.49. The maximum atomic E-state index is 6.38. The van der Waals surface area contributed by atoms with Gasteiger partial charge in [0.1, 0.15) is 0 Å². The lowest BCUT2D eigenvalue weighted by Gasteiger charge is -2.59. The molecule has 90 valence electrons. The van der Waals surface area contributed by atoms with Crippen molar-refractivity contribution >= 4 is 0 Å². The van der Waals surface area contributed by atoms with Crippen molar-refractivity contribution in [2.45, 2.75) is 38.8 Å². The van der Waals surface area contributed by atoms with Crippen LogP contribution in [0.4, 0.5) is 0 Å². The SMILES string of the molecule is CCOC1CC(N)(CN(C)OC)C1(C)C. The van der Waals surface area contributed by atoms with Gasteiger partial charge in [-0.05, 0) is 13.3 Å². The maximum absolute atomic E-state index is 6.38. The molecule has 0 aliphatic heterocycles. The van der Waals surface area contributed by atoms with E-state index in [9.17, 15) is 0 Å². The number of ether oxygens (including phenoxy) is 1. The van der Waals surface area contributed by atoms with Crippen molar-refractivity contribution in [3.05, 3.63) is 0 Å². The van der Waals surface area contributed by atoms with Gasteiger partial charge in [0.15, 0.2) is 0 Å². The summed E-state index contributed by atoms with van der Waals surface area (Å²) in [5.74, 6) is 0. The minimum absolute atomic E-state index is 0.00972. The molecule has 0 heterocycles. The Morgan fingerprint density at radius 3 is 2.47 bits per heavy atom. The number of nitrogens with zero attached hydrogens (tertiary/aromatic N) is 1. The van der Waals surface area contributed by atoms with Crippen molar-refractivity contribution in [1.82, 2.24) is 5.06 Å². The highest BCUT2D eigenvalue weighted by Gasteiger charge is 2.58. The first-order valence-electron chi connectivity index (χ1n) is 5.53. The smallest absolute Gasteiger partial charge is 0.0662 e. The second kappa shape index (κ2) is 4.37. The predicted molar refractivity (Wildman–Crippen MR) is 60.4 cm³/mol. The van der Waals surface area contributed by atoms with Crippen LogP contribution in [0.3, 0.4) is 0 Å². The van der Waals surface area contributed by atoms with Gasteiger partial charge in [-0.25, -0.2) is 0 Å². The van der Waals surface area contributed by atoms with Crippen LogP contribution >= 0.6 is 0 Å². The Morgan fingerprint density at radius 2 is 2.07 bits per heavy atom. The van der Waals surface area contributed by atoms with E-state index in [2.05, 4.69) is 13.8 Å². The normalized spacial score (nSPS) is 34.2. The van der Waals surface area contributed by atoms with E-state index >= 15 is 0 Å². The molecule has 0 radical (unpaired) electrons. The van der Waals surface area contributed by atoms with Gasteiger partial charge in [-0.1, -0.05) is 13.8 Å². The van der Waals surface area contributed by atoms with Crippen LogP contribution in [-0.2, 0) is 9.57 Å². The molecular formula is C11H24N2O2. The zero-order valence-electron chi connectivity index (χ0n) is 10.5. The fourth-order valence-electron chi connectivity index (χ4n) is 2.24. The Morgan fingerprint density at radius 1 is 1.47 bits per heavy atom. The third kappa shape index (κ3) is 2.18. The van der Waals surface area contributed by atoms with E-state index in [-0.39, 0.29) is 17.1 Å². The summed E-state index contributed by atoms with van der Waals surface area (Å²) in [6.07, 6.45) is 1.18. The molecule has 1 rings (SSSR count). The highest BCUT2D eigenvalue weighted by atomic mass is 16.7. The van der Waals surface area contributed by atoms with Gasteiger partial charge in [-0.3, -0.25) is 0 Å². The molecule has 0 aromatic carbocycles. The number of rotatable bonds is 5. The van der Waals surface area contributed by atoms with Crippen LogP contribution in [0.1, 0.15) is 27.2 Å². The summed E-state index contributed by atoms with van der Waals surface area (Å²) in [4.78, 5) is 5.12. The van der Waals surface area contributed by atoms with E-state index in [0.717, 1.165) is 19.6 Å². The fourth-order valence-corrected chi connectivity index (χ4v) is 2.24. The molecule has 2 N–H and O–H groups in total. The van der Waals surface area contributed by atoms with Crippen LogP contribution in [0, 0.1) is 5.41 Å². The summed E-state index contributed by atoms with van der Waals surface area (Å²) in [6.45, 7) is 7.85. The zero-order chi connectivity index (χ0) is 11.7. The minimum Gasteiger partial charge on any atom is -0.378 e. The van der Waals surface area contributed by atoms with E-state index in [1.54, 1.807) is 12.2 Å². The van der Waals surface area contributed by atoms with E-state index < -0.39 is 0 Å². The molecule has 4 heteroatoms. The fraction of sp³-hybridized carbons (Fsp3) is 1.00. The van der Waals surface area contributed by atoms with Crippen LogP contribution in [-0.4, -0.2) is 44.0 Å². The quantitative estimate of drug-likeness (QED) is 0.697. The Balaban J connectivity index is 2.58. The van der Waals surface area contributed by atoms with E-state index in [1.807, 2.05) is 14.0 Å². The van der Waals surface area contributed by atoms with Crippen LogP contribution in [0.15, 0.2) is 0 Å². The standard InChI is InChI=1S/C11H24N2O2/c1-6-15-9-7-11(12,10(9,2)3)8-13(4)14-5/h9H,6-8,12H2,1-5H3. The summed E-state index contributed by atoms with van der Waals surface area (Å²) in [7, 11) is 3.56. The first-order chi connectivity index (χ1) is 6.87. The predicted octanol–water partition coefficient (Wildman–Crippen LogP) is 1.01. The molecule has 0 bridgehead atoms. The van der Waals surface area contributed by atoms with Crippen LogP contribution in [0.25, 0.3) is 0 Å². The molecular weight excluding hydrogens is 192 g/mol. The first kappa shape index (κ1) is 12.9. The number of nitrogens with two attached hydrogens (primary N) is 1. The van der Waals surface area contributed by atoms with Crippen LogP contribution in [0.2, 0.25) is 0 Å². The lowest BCUT2D eigenvalue weighted by atomic mass is 9.54. The van der Waals surface area contributed by atoms with Crippen molar-refractivity contribution in [3.8, 4) is 0 Å². The number of hydroxylamine groups is 2. The van der Waals surface area contributed by atoms with E-state index in [4.69, 9.17) is 15.3 Å². The molecule has 0 spiro atoms. The second-order valence-electron chi connectivity index (χ2n) is 4.99. The molecule has 4 nitrogen and oxygen atoms in total. The molecule has 15 heavy (non-hydrogen) atoms. The summed E-state index contributed by atoms with van der Waals surface area (Å²) in [6, 6.07) is 0. The maximum Gasteiger partial charge on any atom is 0.0662 e. The Bertz CT molecular complexity index is 221. The molecule has 0 aromatic rings. The molecule has 1 saturated carbocycles. The van der Waals surface area contributed by atoms with Crippen LogP contribution < -0.4 is 5.73 Å².